The van der Waals surface area contributed by atoms with Gasteiger partial charge in [-0.25, -0.2) is 10.1 Å². The molecular formula is C16H18N6O. The summed E-state index contributed by atoms with van der Waals surface area (Å²) >= 11 is 0. The van der Waals surface area contributed by atoms with Crippen LogP contribution in [0.3, 0.4) is 0 Å². The zero-order valence-electron chi connectivity index (χ0n) is 13.2. The number of H-pyrrole nitrogens is 1. The lowest BCUT2D eigenvalue weighted by atomic mass is 9.98. The van der Waals surface area contributed by atoms with E-state index >= 15 is 0 Å². The van der Waals surface area contributed by atoms with Crippen molar-refractivity contribution in [3.05, 3.63) is 41.5 Å². The number of nitrogens with two attached hydrogens (primary N) is 1. The van der Waals surface area contributed by atoms with Crippen LogP contribution in [0, 0.1) is 13.8 Å². The summed E-state index contributed by atoms with van der Waals surface area (Å²) in [6.45, 7) is 4.09. The van der Waals surface area contributed by atoms with Crippen LogP contribution in [0.2, 0.25) is 0 Å². The second-order valence-corrected chi connectivity index (χ2v) is 5.22. The van der Waals surface area contributed by atoms with Crippen LogP contribution < -0.4 is 15.8 Å². The predicted octanol–water partition coefficient (Wildman–Crippen LogP) is 2.82. The van der Waals surface area contributed by atoms with Crippen LogP contribution in [0.5, 0.6) is 5.88 Å². The molecular weight excluding hydrogens is 292 g/mol. The minimum atomic E-state index is 0.276. The number of aryl methyl sites for hydroxylation is 2. The number of nitrogens with zero attached hydrogens (tertiary/aromatic N) is 3. The van der Waals surface area contributed by atoms with E-state index in [1.54, 1.807) is 7.11 Å². The Morgan fingerprint density at radius 2 is 1.87 bits per heavy atom. The molecule has 0 aliphatic carbocycles. The summed E-state index contributed by atoms with van der Waals surface area (Å²) in [6, 6.07) is 9.79. The average Bonchev–Trinajstić information content (AvgIpc) is 2.92. The van der Waals surface area contributed by atoms with Crippen LogP contribution in [-0.4, -0.2) is 27.3 Å². The van der Waals surface area contributed by atoms with Crippen molar-refractivity contribution in [2.45, 2.75) is 13.8 Å². The number of anilines is 3. The molecule has 0 bridgehead atoms. The largest absolute Gasteiger partial charge is 0.481 e. The molecule has 0 radical (unpaired) electrons. The van der Waals surface area contributed by atoms with Crippen LogP contribution in [-0.2, 0) is 0 Å². The number of ether oxygens (including phenoxy) is 1. The van der Waals surface area contributed by atoms with E-state index in [0.717, 1.165) is 28.1 Å². The van der Waals surface area contributed by atoms with Crippen molar-refractivity contribution in [2.24, 2.45) is 0 Å². The molecule has 4 N–H and O–H groups in total. The molecule has 2 heterocycles. The van der Waals surface area contributed by atoms with E-state index in [4.69, 9.17) is 10.5 Å². The average molecular weight is 310 g/mol. The van der Waals surface area contributed by atoms with Gasteiger partial charge >= 0.3 is 0 Å². The molecule has 23 heavy (non-hydrogen) atoms. The summed E-state index contributed by atoms with van der Waals surface area (Å²) in [5.74, 6) is 1.31. The topological polar surface area (TPSA) is 102 Å². The summed E-state index contributed by atoms with van der Waals surface area (Å²) in [7, 11) is 1.61. The van der Waals surface area contributed by atoms with Crippen LogP contribution in [0.1, 0.15) is 11.1 Å². The Hall–Kier alpha value is -3.09. The molecule has 0 spiro atoms. The van der Waals surface area contributed by atoms with Crippen LogP contribution >= 0.6 is 0 Å². The molecule has 0 atom stereocenters. The van der Waals surface area contributed by atoms with Crippen molar-refractivity contribution in [2.75, 3.05) is 18.2 Å². The molecule has 1 aromatic carbocycles. The van der Waals surface area contributed by atoms with Gasteiger partial charge in [-0.2, -0.15) is 4.98 Å². The molecule has 0 aliphatic rings. The molecule has 3 aromatic rings. The second-order valence-electron chi connectivity index (χ2n) is 5.22. The molecule has 7 heteroatoms. The van der Waals surface area contributed by atoms with Gasteiger partial charge in [0.15, 0.2) is 0 Å². The molecule has 0 aliphatic heterocycles. The van der Waals surface area contributed by atoms with E-state index in [1.165, 1.54) is 0 Å². The van der Waals surface area contributed by atoms with Gasteiger partial charge in [-0.05, 0) is 43.2 Å². The lowest BCUT2D eigenvalue weighted by Crippen LogP contribution is -1.98. The van der Waals surface area contributed by atoms with E-state index in [-0.39, 0.29) is 5.95 Å². The van der Waals surface area contributed by atoms with Gasteiger partial charge in [-0.15, -0.1) is 5.10 Å². The van der Waals surface area contributed by atoms with Crippen molar-refractivity contribution < 1.29 is 4.74 Å². The molecule has 2 aromatic heterocycles. The first-order valence-electron chi connectivity index (χ1n) is 7.14. The number of pyridine rings is 1. The number of nitrogen functional groups attached to an aromatic ring is 1. The van der Waals surface area contributed by atoms with Gasteiger partial charge in [0.1, 0.15) is 0 Å². The molecule has 0 saturated carbocycles. The zero-order chi connectivity index (χ0) is 16.4. The quantitative estimate of drug-likeness (QED) is 0.685. The van der Waals surface area contributed by atoms with Crippen LogP contribution in [0.15, 0.2) is 30.3 Å². The molecule has 0 unspecified atom stereocenters. The van der Waals surface area contributed by atoms with E-state index in [1.807, 2.05) is 44.2 Å². The molecule has 0 saturated heterocycles. The van der Waals surface area contributed by atoms with E-state index in [2.05, 4.69) is 25.5 Å². The Morgan fingerprint density at radius 1 is 1.13 bits per heavy atom. The summed E-state index contributed by atoms with van der Waals surface area (Å²) < 4.78 is 5.21. The number of nitrogens with one attached hydrogen (secondary N) is 2. The highest BCUT2D eigenvalue weighted by atomic mass is 16.5. The van der Waals surface area contributed by atoms with Crippen LogP contribution in [0.25, 0.3) is 11.3 Å². The fraction of sp³-hybridized carbons (Fsp3) is 0.188. The van der Waals surface area contributed by atoms with Gasteiger partial charge < -0.3 is 15.8 Å². The Labute approximate surface area is 133 Å². The molecule has 0 amide bonds. The maximum absolute atomic E-state index is 5.53. The Bertz CT molecular complexity index is 819. The number of rotatable bonds is 4. The number of hydrogen-bond acceptors (Lipinski definition) is 6. The number of methoxy groups -OCH3 is 1. The summed E-state index contributed by atoms with van der Waals surface area (Å²) in [5, 5.41) is 9.70. The SMILES string of the molecule is COc1cccc(-c2c(C)cc(Nc3n[nH]c(N)n3)cc2C)n1. The van der Waals surface area contributed by atoms with Gasteiger partial charge in [0, 0.05) is 17.3 Å². The van der Waals surface area contributed by atoms with E-state index in [9.17, 15) is 0 Å². The summed E-state index contributed by atoms with van der Waals surface area (Å²) in [4.78, 5) is 8.55. The standard InChI is InChI=1S/C16H18N6O/c1-9-7-11(18-16-20-15(17)21-22-16)8-10(2)14(9)12-5-4-6-13(19-12)23-3/h4-8H,1-3H3,(H4,17,18,20,21,22). The Balaban J connectivity index is 1.96. The summed E-state index contributed by atoms with van der Waals surface area (Å²) in [6.07, 6.45) is 0. The molecule has 7 nitrogen and oxygen atoms in total. The minimum absolute atomic E-state index is 0.276. The van der Waals surface area contributed by atoms with Crippen molar-refractivity contribution in [1.29, 1.82) is 0 Å². The lowest BCUT2D eigenvalue weighted by molar-refractivity contribution is 0.398. The third-order valence-corrected chi connectivity index (χ3v) is 3.48. The molecule has 3 rings (SSSR count). The third-order valence-electron chi connectivity index (χ3n) is 3.48. The maximum Gasteiger partial charge on any atom is 0.248 e. The highest BCUT2D eigenvalue weighted by molar-refractivity contribution is 5.72. The minimum Gasteiger partial charge on any atom is -0.481 e. The number of hydrogen-bond donors (Lipinski definition) is 3. The third kappa shape index (κ3) is 3.08. The first-order valence-corrected chi connectivity index (χ1v) is 7.14. The van der Waals surface area contributed by atoms with Crippen molar-refractivity contribution in [1.82, 2.24) is 20.2 Å². The first-order chi connectivity index (χ1) is 11.1. The normalized spacial score (nSPS) is 10.6. The fourth-order valence-electron chi connectivity index (χ4n) is 2.57. The van der Waals surface area contributed by atoms with Gasteiger partial charge in [0.25, 0.3) is 0 Å². The fourth-order valence-corrected chi connectivity index (χ4v) is 2.57. The van der Waals surface area contributed by atoms with E-state index in [0.29, 0.717) is 11.8 Å². The maximum atomic E-state index is 5.53. The Kier molecular flexibility index (Phi) is 3.84. The Morgan fingerprint density at radius 3 is 2.48 bits per heavy atom. The van der Waals surface area contributed by atoms with Crippen molar-refractivity contribution >= 4 is 17.6 Å². The van der Waals surface area contributed by atoms with E-state index < -0.39 is 0 Å². The van der Waals surface area contributed by atoms with Gasteiger partial charge in [-0.3, -0.25) is 0 Å². The van der Waals surface area contributed by atoms with Crippen molar-refractivity contribution in [3.8, 4) is 17.1 Å². The monoisotopic (exact) mass is 310 g/mol. The van der Waals surface area contributed by atoms with Gasteiger partial charge in [-0.1, -0.05) is 6.07 Å². The predicted molar refractivity (Wildman–Crippen MR) is 89.8 cm³/mol. The first kappa shape index (κ1) is 14.8. The van der Waals surface area contributed by atoms with Crippen LogP contribution in [0.4, 0.5) is 17.6 Å². The number of aromatic nitrogens is 4. The number of aromatic amines is 1. The highest BCUT2D eigenvalue weighted by Gasteiger charge is 2.11. The smallest absolute Gasteiger partial charge is 0.248 e. The second kappa shape index (κ2) is 5.96. The lowest BCUT2D eigenvalue weighted by Gasteiger charge is -2.13. The van der Waals surface area contributed by atoms with Crippen molar-refractivity contribution in [3.63, 3.8) is 0 Å². The van der Waals surface area contributed by atoms with Gasteiger partial charge in [0.05, 0.1) is 12.8 Å². The number of benzene rings is 1. The zero-order valence-corrected chi connectivity index (χ0v) is 13.2. The van der Waals surface area contributed by atoms with Gasteiger partial charge in [0.2, 0.25) is 17.8 Å². The molecule has 118 valence electrons. The summed E-state index contributed by atoms with van der Waals surface area (Å²) in [5.41, 5.74) is 10.6. The molecule has 0 fully saturated rings. The highest BCUT2D eigenvalue weighted by Crippen LogP contribution is 2.30.